The average molecular weight is 460 g/mol. The Morgan fingerprint density at radius 3 is 3.03 bits per heavy atom. The van der Waals surface area contributed by atoms with E-state index >= 15 is 0 Å². The molecule has 0 unspecified atom stereocenters. The molecule has 0 aliphatic carbocycles. The molecule has 162 valence electrons. The third-order valence-electron chi connectivity index (χ3n) is 5.28. The number of anilines is 2. The van der Waals surface area contributed by atoms with E-state index in [9.17, 15) is 4.79 Å². The number of thiophene rings is 1. The molecule has 31 heavy (non-hydrogen) atoms. The summed E-state index contributed by atoms with van der Waals surface area (Å²) in [5.41, 5.74) is 9.60. The number of nitrogens with one attached hydrogen (secondary N) is 2. The van der Waals surface area contributed by atoms with Crippen molar-refractivity contribution in [1.82, 2.24) is 19.5 Å². The van der Waals surface area contributed by atoms with Crippen molar-refractivity contribution >= 4 is 62.5 Å². The molecule has 4 aromatic rings. The van der Waals surface area contributed by atoms with E-state index in [4.69, 9.17) is 10.5 Å². The van der Waals surface area contributed by atoms with Crippen LogP contribution in [0, 0.1) is 0 Å². The molecular formula is C20H22ClN7O2S. The SMILES string of the molecule is Cl.Cn1cnc2c(NC(=O)c3csc4cnc(N[C@@H]5CCOC[C@@H]5N)nc34)cccc21. The number of hydrogen-bond acceptors (Lipinski definition) is 8. The van der Waals surface area contributed by atoms with Gasteiger partial charge in [0.25, 0.3) is 5.91 Å². The number of aryl methyl sites for hydroxylation is 1. The number of rotatable bonds is 4. The Balaban J connectivity index is 0.00000231. The van der Waals surface area contributed by atoms with Crippen molar-refractivity contribution in [2.24, 2.45) is 12.8 Å². The van der Waals surface area contributed by atoms with Gasteiger partial charge in [-0.2, -0.15) is 0 Å². The first kappa shape index (κ1) is 21.4. The first-order valence-electron chi connectivity index (χ1n) is 9.65. The summed E-state index contributed by atoms with van der Waals surface area (Å²) < 4.78 is 8.14. The van der Waals surface area contributed by atoms with Gasteiger partial charge in [0.05, 0.1) is 46.1 Å². The number of imidazole rings is 1. The number of nitrogens with two attached hydrogens (primary N) is 1. The van der Waals surface area contributed by atoms with Crippen LogP contribution >= 0.6 is 23.7 Å². The third-order valence-corrected chi connectivity index (χ3v) is 6.18. The number of hydrogen-bond donors (Lipinski definition) is 3. The zero-order valence-electron chi connectivity index (χ0n) is 16.7. The van der Waals surface area contributed by atoms with Crippen molar-refractivity contribution in [3.05, 3.63) is 41.7 Å². The van der Waals surface area contributed by atoms with Gasteiger partial charge in [-0.1, -0.05) is 6.07 Å². The number of aromatic nitrogens is 4. The molecule has 0 saturated carbocycles. The van der Waals surface area contributed by atoms with Crippen LogP contribution in [0.15, 0.2) is 36.1 Å². The van der Waals surface area contributed by atoms with Crippen molar-refractivity contribution in [1.29, 1.82) is 0 Å². The van der Waals surface area contributed by atoms with E-state index in [1.807, 2.05) is 29.8 Å². The Bertz CT molecular complexity index is 1240. The van der Waals surface area contributed by atoms with E-state index in [2.05, 4.69) is 25.6 Å². The van der Waals surface area contributed by atoms with E-state index < -0.39 is 0 Å². The molecule has 5 rings (SSSR count). The normalized spacial score (nSPS) is 18.6. The second kappa shape index (κ2) is 8.75. The summed E-state index contributed by atoms with van der Waals surface area (Å²) in [6, 6.07) is 5.61. The van der Waals surface area contributed by atoms with Crippen LogP contribution < -0.4 is 16.4 Å². The summed E-state index contributed by atoms with van der Waals surface area (Å²) in [4.78, 5) is 26.4. The fourth-order valence-electron chi connectivity index (χ4n) is 3.61. The van der Waals surface area contributed by atoms with Gasteiger partial charge in [-0.25, -0.2) is 15.0 Å². The molecule has 1 fully saturated rings. The maximum atomic E-state index is 13.0. The number of fused-ring (bicyclic) bond motifs is 2. The molecule has 0 bridgehead atoms. The molecule has 4 N–H and O–H groups in total. The minimum absolute atomic E-state index is 0. The molecule has 0 spiro atoms. The Labute approximate surface area is 188 Å². The highest BCUT2D eigenvalue weighted by Gasteiger charge is 2.23. The number of para-hydroxylation sites is 1. The van der Waals surface area contributed by atoms with E-state index in [1.54, 1.807) is 17.9 Å². The van der Waals surface area contributed by atoms with Crippen molar-refractivity contribution in [3.8, 4) is 0 Å². The minimum atomic E-state index is -0.230. The van der Waals surface area contributed by atoms with E-state index in [0.717, 1.165) is 22.2 Å². The molecule has 1 saturated heterocycles. The van der Waals surface area contributed by atoms with Crippen molar-refractivity contribution < 1.29 is 9.53 Å². The lowest BCUT2D eigenvalue weighted by molar-refractivity contribution is 0.0751. The average Bonchev–Trinajstić information content (AvgIpc) is 3.34. The van der Waals surface area contributed by atoms with Crippen LogP contribution in [-0.4, -0.2) is 50.7 Å². The fraction of sp³-hybridized carbons (Fsp3) is 0.300. The largest absolute Gasteiger partial charge is 0.380 e. The van der Waals surface area contributed by atoms with Crippen LogP contribution in [0.1, 0.15) is 16.8 Å². The first-order chi connectivity index (χ1) is 14.6. The Morgan fingerprint density at radius 2 is 2.19 bits per heavy atom. The maximum absolute atomic E-state index is 13.0. The van der Waals surface area contributed by atoms with Crippen LogP contribution in [0.25, 0.3) is 21.3 Å². The molecular weight excluding hydrogens is 438 g/mol. The number of halogens is 1. The highest BCUT2D eigenvalue weighted by molar-refractivity contribution is 7.17. The summed E-state index contributed by atoms with van der Waals surface area (Å²) in [7, 11) is 1.92. The predicted octanol–water partition coefficient (Wildman–Crippen LogP) is 2.78. The summed E-state index contributed by atoms with van der Waals surface area (Å²) in [6.45, 7) is 1.16. The van der Waals surface area contributed by atoms with E-state index in [0.29, 0.717) is 35.9 Å². The van der Waals surface area contributed by atoms with Crippen LogP contribution in [0.5, 0.6) is 0 Å². The molecule has 3 aromatic heterocycles. The number of carbonyl (C=O) groups excluding carboxylic acids is 1. The molecule has 4 heterocycles. The topological polar surface area (TPSA) is 120 Å². The van der Waals surface area contributed by atoms with Crippen LogP contribution in [0.2, 0.25) is 0 Å². The quantitative estimate of drug-likeness (QED) is 0.429. The second-order valence-corrected chi connectivity index (χ2v) is 8.23. The number of amides is 1. The van der Waals surface area contributed by atoms with Crippen molar-refractivity contribution in [2.45, 2.75) is 18.5 Å². The lowest BCUT2D eigenvalue weighted by Gasteiger charge is -2.29. The van der Waals surface area contributed by atoms with Gasteiger partial charge in [0.1, 0.15) is 5.52 Å². The standard InChI is InChI=1S/C20H21N7O2S.ClH/c1-27-10-23-18-14(3-2-4-15(18)27)24-19(28)11-9-30-16-7-22-20(26-17(11)16)25-13-5-6-29-8-12(13)21;/h2-4,7,9-10,12-13H,5-6,8,21H2,1H3,(H,24,28)(H,22,25,26);1H/t12-,13+;/m0./s1. The van der Waals surface area contributed by atoms with Gasteiger partial charge in [-0.3, -0.25) is 4.79 Å². The minimum Gasteiger partial charge on any atom is -0.380 e. The predicted molar refractivity (Wildman–Crippen MR) is 124 cm³/mol. The molecule has 1 aliphatic heterocycles. The lowest BCUT2D eigenvalue weighted by atomic mass is 10.1. The number of benzene rings is 1. The first-order valence-corrected chi connectivity index (χ1v) is 10.5. The molecule has 1 amide bonds. The highest BCUT2D eigenvalue weighted by atomic mass is 35.5. The molecule has 2 atom stereocenters. The van der Waals surface area contributed by atoms with Gasteiger partial charge in [-0.15, -0.1) is 23.7 Å². The van der Waals surface area contributed by atoms with Gasteiger partial charge >= 0.3 is 0 Å². The Morgan fingerprint density at radius 1 is 1.32 bits per heavy atom. The maximum Gasteiger partial charge on any atom is 0.258 e. The van der Waals surface area contributed by atoms with Crippen molar-refractivity contribution in [2.75, 3.05) is 23.8 Å². The monoisotopic (exact) mass is 459 g/mol. The van der Waals surface area contributed by atoms with Gasteiger partial charge in [0.15, 0.2) is 0 Å². The Hall–Kier alpha value is -2.79. The van der Waals surface area contributed by atoms with Crippen LogP contribution in [0.4, 0.5) is 11.6 Å². The third kappa shape index (κ3) is 4.07. The van der Waals surface area contributed by atoms with Crippen LogP contribution in [-0.2, 0) is 11.8 Å². The molecule has 0 radical (unpaired) electrons. The smallest absolute Gasteiger partial charge is 0.258 e. The van der Waals surface area contributed by atoms with Crippen LogP contribution in [0.3, 0.4) is 0 Å². The fourth-order valence-corrected chi connectivity index (χ4v) is 4.46. The summed E-state index contributed by atoms with van der Waals surface area (Å²) in [6.07, 6.45) is 4.25. The molecule has 1 aliphatic rings. The van der Waals surface area contributed by atoms with Crippen molar-refractivity contribution in [3.63, 3.8) is 0 Å². The van der Waals surface area contributed by atoms with E-state index in [-0.39, 0.29) is 30.4 Å². The summed E-state index contributed by atoms with van der Waals surface area (Å²) in [5.74, 6) is 0.232. The lowest BCUT2D eigenvalue weighted by Crippen LogP contribution is -2.47. The summed E-state index contributed by atoms with van der Waals surface area (Å²) in [5, 5.41) is 8.07. The number of carbonyl (C=O) groups is 1. The van der Waals surface area contributed by atoms with Gasteiger partial charge < -0.3 is 25.7 Å². The highest BCUT2D eigenvalue weighted by Crippen LogP contribution is 2.27. The van der Waals surface area contributed by atoms with Gasteiger partial charge in [-0.05, 0) is 18.6 Å². The van der Waals surface area contributed by atoms with Gasteiger partial charge in [0.2, 0.25) is 5.95 Å². The number of nitrogens with zero attached hydrogens (tertiary/aromatic N) is 4. The number of ether oxygens (including phenoxy) is 1. The zero-order chi connectivity index (χ0) is 20.7. The molecule has 9 nitrogen and oxygen atoms in total. The molecule has 1 aromatic carbocycles. The Kier molecular flexibility index (Phi) is 6.05. The van der Waals surface area contributed by atoms with E-state index in [1.165, 1.54) is 11.3 Å². The summed E-state index contributed by atoms with van der Waals surface area (Å²) >= 11 is 1.44. The molecule has 11 heteroatoms. The van der Waals surface area contributed by atoms with Gasteiger partial charge in [0, 0.05) is 31.1 Å². The second-order valence-electron chi connectivity index (χ2n) is 7.32. The zero-order valence-corrected chi connectivity index (χ0v) is 18.4.